The SMILES string of the molecule is O=C(c1cccc(COc2ccc3c(c2)CCN(C2CCCC2)CC3)c1)N1CCN(c2ccc(F)cc2)CC1. The molecule has 1 saturated carbocycles. The summed E-state index contributed by atoms with van der Waals surface area (Å²) in [6, 6.07) is 21.7. The van der Waals surface area contributed by atoms with Crippen LogP contribution in [0.2, 0.25) is 0 Å². The zero-order chi connectivity index (χ0) is 26.6. The van der Waals surface area contributed by atoms with Crippen LogP contribution in [0.3, 0.4) is 0 Å². The molecule has 0 spiro atoms. The molecule has 3 aromatic carbocycles. The van der Waals surface area contributed by atoms with Crippen molar-refractivity contribution in [3.05, 3.63) is 94.8 Å². The van der Waals surface area contributed by atoms with Gasteiger partial charge in [0.2, 0.25) is 0 Å². The molecule has 2 aliphatic heterocycles. The van der Waals surface area contributed by atoms with E-state index in [9.17, 15) is 9.18 Å². The molecule has 2 fully saturated rings. The number of benzene rings is 3. The second-order valence-electron chi connectivity index (χ2n) is 11.1. The summed E-state index contributed by atoms with van der Waals surface area (Å²) < 4.78 is 19.5. The van der Waals surface area contributed by atoms with Gasteiger partial charge in [-0.3, -0.25) is 9.69 Å². The lowest BCUT2D eigenvalue weighted by Crippen LogP contribution is -2.48. The molecule has 1 amide bonds. The van der Waals surface area contributed by atoms with Gasteiger partial charge in [-0.05, 0) is 90.9 Å². The second kappa shape index (κ2) is 11.8. The minimum absolute atomic E-state index is 0.0486. The van der Waals surface area contributed by atoms with Crippen LogP contribution in [0.25, 0.3) is 0 Å². The topological polar surface area (TPSA) is 36.0 Å². The van der Waals surface area contributed by atoms with Gasteiger partial charge in [-0.2, -0.15) is 0 Å². The average Bonchev–Trinajstić information content (AvgIpc) is 3.44. The van der Waals surface area contributed by atoms with Gasteiger partial charge in [-0.25, -0.2) is 4.39 Å². The Hall–Kier alpha value is -3.38. The van der Waals surface area contributed by atoms with Crippen molar-refractivity contribution >= 4 is 11.6 Å². The summed E-state index contributed by atoms with van der Waals surface area (Å²) in [6.07, 6.45) is 7.69. The Balaban J connectivity index is 1.03. The fraction of sp³-hybridized carbons (Fsp3) is 0.424. The molecule has 2 heterocycles. The van der Waals surface area contributed by atoms with Crippen LogP contribution in [-0.2, 0) is 19.4 Å². The number of rotatable bonds is 6. The number of nitrogens with zero attached hydrogens (tertiary/aromatic N) is 3. The normalized spacial score (nSPS) is 18.6. The maximum atomic E-state index is 13.3. The highest BCUT2D eigenvalue weighted by molar-refractivity contribution is 5.94. The van der Waals surface area contributed by atoms with Crippen molar-refractivity contribution in [1.82, 2.24) is 9.80 Å². The van der Waals surface area contributed by atoms with E-state index in [1.807, 2.05) is 29.2 Å². The molecular formula is C33H38FN3O2. The molecule has 0 atom stereocenters. The monoisotopic (exact) mass is 527 g/mol. The summed E-state index contributed by atoms with van der Waals surface area (Å²) >= 11 is 0. The molecular weight excluding hydrogens is 489 g/mol. The van der Waals surface area contributed by atoms with Gasteiger partial charge < -0.3 is 14.5 Å². The number of ether oxygens (including phenoxy) is 1. The lowest BCUT2D eigenvalue weighted by molar-refractivity contribution is 0.0746. The molecule has 1 aliphatic carbocycles. The van der Waals surface area contributed by atoms with Crippen molar-refractivity contribution in [2.45, 2.75) is 51.2 Å². The van der Waals surface area contributed by atoms with E-state index in [1.54, 1.807) is 12.1 Å². The molecule has 0 radical (unpaired) electrons. The Kier molecular flexibility index (Phi) is 7.82. The van der Waals surface area contributed by atoms with Gasteiger partial charge in [-0.1, -0.05) is 31.0 Å². The van der Waals surface area contributed by atoms with Crippen molar-refractivity contribution in [2.24, 2.45) is 0 Å². The van der Waals surface area contributed by atoms with Crippen molar-refractivity contribution in [1.29, 1.82) is 0 Å². The third kappa shape index (κ3) is 6.11. The summed E-state index contributed by atoms with van der Waals surface area (Å²) in [5, 5.41) is 0. The Labute approximate surface area is 231 Å². The van der Waals surface area contributed by atoms with E-state index < -0.39 is 0 Å². The smallest absolute Gasteiger partial charge is 0.253 e. The molecule has 204 valence electrons. The van der Waals surface area contributed by atoms with Crippen molar-refractivity contribution in [3.8, 4) is 5.75 Å². The molecule has 39 heavy (non-hydrogen) atoms. The van der Waals surface area contributed by atoms with Crippen molar-refractivity contribution in [3.63, 3.8) is 0 Å². The van der Waals surface area contributed by atoms with Gasteiger partial charge in [0.15, 0.2) is 0 Å². The third-order valence-corrected chi connectivity index (χ3v) is 8.69. The van der Waals surface area contributed by atoms with E-state index in [-0.39, 0.29) is 11.7 Å². The minimum Gasteiger partial charge on any atom is -0.489 e. The number of anilines is 1. The van der Waals surface area contributed by atoms with E-state index in [1.165, 1.54) is 55.5 Å². The number of amides is 1. The highest BCUT2D eigenvalue weighted by Crippen LogP contribution is 2.28. The molecule has 6 heteroatoms. The van der Waals surface area contributed by atoms with Gasteiger partial charge >= 0.3 is 0 Å². The first-order chi connectivity index (χ1) is 19.1. The molecule has 0 aromatic heterocycles. The summed E-state index contributed by atoms with van der Waals surface area (Å²) in [5.41, 5.74) is 5.55. The first-order valence-corrected chi connectivity index (χ1v) is 14.5. The molecule has 0 unspecified atom stereocenters. The summed E-state index contributed by atoms with van der Waals surface area (Å²) in [6.45, 7) is 5.50. The minimum atomic E-state index is -0.232. The fourth-order valence-corrected chi connectivity index (χ4v) is 6.41. The number of hydrogen-bond donors (Lipinski definition) is 0. The van der Waals surface area contributed by atoms with Crippen molar-refractivity contribution in [2.75, 3.05) is 44.2 Å². The van der Waals surface area contributed by atoms with Crippen molar-refractivity contribution < 1.29 is 13.9 Å². The molecule has 0 bridgehead atoms. The van der Waals surface area contributed by atoms with Crippen LogP contribution >= 0.6 is 0 Å². The second-order valence-corrected chi connectivity index (χ2v) is 11.1. The highest BCUT2D eigenvalue weighted by atomic mass is 19.1. The first kappa shape index (κ1) is 25.9. The largest absolute Gasteiger partial charge is 0.489 e. The van der Waals surface area contributed by atoms with E-state index in [0.29, 0.717) is 25.3 Å². The lowest BCUT2D eigenvalue weighted by atomic mass is 10.0. The van der Waals surface area contributed by atoms with Gasteiger partial charge in [0.1, 0.15) is 18.2 Å². The van der Waals surface area contributed by atoms with Gasteiger partial charge in [0, 0.05) is 56.6 Å². The molecule has 3 aromatic rings. The van der Waals surface area contributed by atoms with Crippen LogP contribution in [0.15, 0.2) is 66.7 Å². The van der Waals surface area contributed by atoms with Gasteiger partial charge in [0.05, 0.1) is 0 Å². The van der Waals surface area contributed by atoms with Crippen LogP contribution in [0.1, 0.15) is 52.7 Å². The molecule has 6 rings (SSSR count). The number of fused-ring (bicyclic) bond motifs is 1. The molecule has 3 aliphatic rings. The first-order valence-electron chi connectivity index (χ1n) is 14.5. The highest BCUT2D eigenvalue weighted by Gasteiger charge is 2.25. The van der Waals surface area contributed by atoms with Crippen LogP contribution in [0.5, 0.6) is 5.75 Å². The summed E-state index contributed by atoms with van der Waals surface area (Å²) in [5.74, 6) is 0.716. The number of carbonyl (C=O) groups is 1. The van der Waals surface area contributed by atoms with E-state index in [0.717, 1.165) is 55.5 Å². The maximum absolute atomic E-state index is 13.3. The quantitative estimate of drug-likeness (QED) is 0.412. The third-order valence-electron chi connectivity index (χ3n) is 8.69. The Morgan fingerprint density at radius 3 is 2.33 bits per heavy atom. The van der Waals surface area contributed by atoms with Crippen LogP contribution in [0.4, 0.5) is 10.1 Å². The Bertz CT molecular complexity index is 1280. The molecule has 1 saturated heterocycles. The number of piperazine rings is 1. The molecule has 0 N–H and O–H groups in total. The molecule has 5 nitrogen and oxygen atoms in total. The van der Waals surface area contributed by atoms with Crippen LogP contribution in [0, 0.1) is 5.82 Å². The average molecular weight is 528 g/mol. The zero-order valence-corrected chi connectivity index (χ0v) is 22.7. The van der Waals surface area contributed by atoms with Gasteiger partial charge in [0.25, 0.3) is 5.91 Å². The number of halogens is 1. The summed E-state index contributed by atoms with van der Waals surface area (Å²) in [4.78, 5) is 20.0. The zero-order valence-electron chi connectivity index (χ0n) is 22.7. The van der Waals surface area contributed by atoms with Gasteiger partial charge in [-0.15, -0.1) is 0 Å². The predicted octanol–water partition coefficient (Wildman–Crippen LogP) is 5.71. The standard InChI is InChI=1S/C33H38FN3O2/c34-29-9-11-31(12-10-29)36-18-20-37(21-19-36)33(38)28-5-3-4-25(22-28)24-39-32-13-8-26-14-16-35(17-15-27(26)23-32)30-6-1-2-7-30/h3-5,8-13,22-23,30H,1-2,6-7,14-21,24H2. The Morgan fingerprint density at radius 1 is 0.821 bits per heavy atom. The fourth-order valence-electron chi connectivity index (χ4n) is 6.41. The summed E-state index contributed by atoms with van der Waals surface area (Å²) in [7, 11) is 0. The van der Waals surface area contributed by atoms with E-state index in [4.69, 9.17) is 4.74 Å². The predicted molar refractivity (Wildman–Crippen MR) is 153 cm³/mol. The number of hydrogen-bond acceptors (Lipinski definition) is 4. The van der Waals surface area contributed by atoms with E-state index in [2.05, 4.69) is 28.0 Å². The lowest BCUT2D eigenvalue weighted by Gasteiger charge is -2.36. The van der Waals surface area contributed by atoms with Crippen LogP contribution in [-0.4, -0.2) is 61.0 Å². The van der Waals surface area contributed by atoms with Crippen LogP contribution < -0.4 is 9.64 Å². The number of carbonyl (C=O) groups excluding carboxylic acids is 1. The van der Waals surface area contributed by atoms with E-state index >= 15 is 0 Å². The Morgan fingerprint density at radius 2 is 1.56 bits per heavy atom. The maximum Gasteiger partial charge on any atom is 0.253 e.